The van der Waals surface area contributed by atoms with Crippen LogP contribution < -0.4 is 5.32 Å². The lowest BCUT2D eigenvalue weighted by atomic mass is 9.50. The van der Waals surface area contributed by atoms with E-state index in [9.17, 15) is 0 Å². The zero-order chi connectivity index (χ0) is 39.7. The zero-order valence-corrected chi connectivity index (χ0v) is 33.1. The van der Waals surface area contributed by atoms with E-state index in [0.29, 0.717) is 0 Å². The van der Waals surface area contributed by atoms with Gasteiger partial charge in [0.2, 0.25) is 0 Å². The molecule has 4 aliphatic rings. The highest BCUT2D eigenvalue weighted by molar-refractivity contribution is 6.17. The van der Waals surface area contributed by atoms with Crippen molar-refractivity contribution in [3.05, 3.63) is 274 Å². The Morgan fingerprint density at radius 2 is 1.02 bits per heavy atom. The molecule has 1 aliphatic heterocycles. The quantitative estimate of drug-likeness (QED) is 0.186. The molecule has 284 valence electrons. The molecule has 1 atom stereocenters. The van der Waals surface area contributed by atoms with Crippen LogP contribution in [0.25, 0.3) is 21.9 Å². The molecule has 12 rings (SSSR count). The van der Waals surface area contributed by atoms with Gasteiger partial charge in [0.15, 0.2) is 6.17 Å². The summed E-state index contributed by atoms with van der Waals surface area (Å²) < 4.78 is 0. The number of hydrogen-bond donors (Lipinski definition) is 1. The minimum Gasteiger partial charge on any atom is -0.324 e. The lowest BCUT2D eigenvalue weighted by molar-refractivity contribution is 0.603. The van der Waals surface area contributed by atoms with E-state index in [1.807, 2.05) is 0 Å². The van der Waals surface area contributed by atoms with E-state index < -0.39 is 17.0 Å². The number of rotatable bonds is 5. The van der Waals surface area contributed by atoms with Crippen molar-refractivity contribution >= 4 is 22.4 Å². The SMILES string of the molecule is C1=CC(C2=NC(c3cccc4c3C(c3ccccc3)(c3ccccc3)c3ccccc3C43c4ccccc4-c4ccccc43)N=C(c3ccc4ccccc4c3)N2)=CCC1. The van der Waals surface area contributed by atoms with Crippen molar-refractivity contribution in [2.45, 2.75) is 29.8 Å². The van der Waals surface area contributed by atoms with E-state index in [2.05, 4.69) is 218 Å². The van der Waals surface area contributed by atoms with Gasteiger partial charge in [-0.3, -0.25) is 0 Å². The molecule has 1 heterocycles. The summed E-state index contributed by atoms with van der Waals surface area (Å²) in [7, 11) is 0. The Hall–Kier alpha value is -7.36. The smallest absolute Gasteiger partial charge is 0.170 e. The largest absolute Gasteiger partial charge is 0.324 e. The number of allylic oxidation sites excluding steroid dienone is 2. The van der Waals surface area contributed by atoms with E-state index in [-0.39, 0.29) is 0 Å². The molecule has 3 nitrogen and oxygen atoms in total. The maximum atomic E-state index is 5.66. The van der Waals surface area contributed by atoms with E-state index >= 15 is 0 Å². The van der Waals surface area contributed by atoms with Gasteiger partial charge in [0.25, 0.3) is 0 Å². The second kappa shape index (κ2) is 13.6. The van der Waals surface area contributed by atoms with Crippen molar-refractivity contribution in [3.8, 4) is 11.1 Å². The molecule has 0 saturated heterocycles. The Bertz CT molecular complexity index is 3050. The number of nitrogens with one attached hydrogen (secondary N) is 1. The molecule has 1 unspecified atom stereocenters. The van der Waals surface area contributed by atoms with Crippen LogP contribution in [-0.4, -0.2) is 11.7 Å². The van der Waals surface area contributed by atoms with E-state index in [1.54, 1.807) is 0 Å². The summed E-state index contributed by atoms with van der Waals surface area (Å²) in [4.78, 5) is 11.3. The number of amidine groups is 2. The van der Waals surface area contributed by atoms with E-state index in [0.717, 1.165) is 41.2 Å². The van der Waals surface area contributed by atoms with Gasteiger partial charge in [0, 0.05) is 16.7 Å². The Kier molecular flexibility index (Phi) is 7.86. The second-order valence-corrected chi connectivity index (χ2v) is 16.3. The summed E-state index contributed by atoms with van der Waals surface area (Å²) in [6.07, 6.45) is 8.23. The van der Waals surface area contributed by atoms with Gasteiger partial charge in [-0.2, -0.15) is 0 Å². The minimum atomic E-state index is -0.716. The van der Waals surface area contributed by atoms with Gasteiger partial charge < -0.3 is 5.32 Å². The van der Waals surface area contributed by atoms with Crippen molar-refractivity contribution < 1.29 is 0 Å². The molecule has 8 aromatic carbocycles. The Morgan fingerprint density at radius 3 is 1.68 bits per heavy atom. The molecular formula is C57H41N3. The molecule has 0 amide bonds. The van der Waals surface area contributed by atoms with Gasteiger partial charge in [-0.1, -0.05) is 206 Å². The molecule has 3 heteroatoms. The van der Waals surface area contributed by atoms with Crippen molar-refractivity contribution in [3.63, 3.8) is 0 Å². The molecule has 0 radical (unpaired) electrons. The first-order valence-corrected chi connectivity index (χ1v) is 21.1. The summed E-state index contributed by atoms with van der Waals surface area (Å²) >= 11 is 0. The standard InChI is InChI=1S/C57H41N3/c1-4-20-39(21-5-1)53-58-54(41-36-35-38-19-10-11-22-40(38)37-41)60-55(59-53)46-29-18-34-51-52(46)56(42-23-6-2-7-24-42,43-25-8-3-9-26-43)49-32-16-17-33-50(49)57(51)47-30-14-12-27-44(47)45-28-13-15-31-48(45)57/h2-4,6-37,55H,1,5H2,(H,58,59,60). The van der Waals surface area contributed by atoms with Crippen molar-refractivity contribution in [2.75, 3.05) is 0 Å². The molecule has 0 saturated carbocycles. The first-order valence-electron chi connectivity index (χ1n) is 21.1. The number of fused-ring (bicyclic) bond motifs is 10. The predicted octanol–water partition coefficient (Wildman–Crippen LogP) is 12.6. The van der Waals surface area contributed by atoms with Gasteiger partial charge in [-0.15, -0.1) is 0 Å². The van der Waals surface area contributed by atoms with Crippen LogP contribution in [-0.2, 0) is 10.8 Å². The normalized spacial score (nSPS) is 17.7. The number of benzene rings is 8. The lowest BCUT2D eigenvalue weighted by Crippen LogP contribution is -2.46. The fourth-order valence-electron chi connectivity index (χ4n) is 10.9. The molecule has 8 aromatic rings. The average molecular weight is 768 g/mol. The predicted molar refractivity (Wildman–Crippen MR) is 246 cm³/mol. The third kappa shape index (κ3) is 4.90. The lowest BCUT2D eigenvalue weighted by Gasteiger charge is -2.51. The maximum absolute atomic E-state index is 5.66. The van der Waals surface area contributed by atoms with Crippen LogP contribution in [0.2, 0.25) is 0 Å². The number of nitrogens with zero attached hydrogens (tertiary/aromatic N) is 2. The molecule has 0 bridgehead atoms. The average Bonchev–Trinajstić information content (AvgIpc) is 3.63. The van der Waals surface area contributed by atoms with Crippen LogP contribution in [0.3, 0.4) is 0 Å². The van der Waals surface area contributed by atoms with Crippen molar-refractivity contribution in [1.82, 2.24) is 5.32 Å². The second-order valence-electron chi connectivity index (χ2n) is 16.3. The first-order chi connectivity index (χ1) is 29.8. The molecular weight excluding hydrogens is 727 g/mol. The van der Waals surface area contributed by atoms with Crippen LogP contribution in [0.5, 0.6) is 0 Å². The molecule has 1 N–H and O–H groups in total. The third-order valence-electron chi connectivity index (χ3n) is 13.3. The third-order valence-corrected chi connectivity index (χ3v) is 13.3. The Morgan fingerprint density at radius 1 is 0.450 bits per heavy atom. The van der Waals surface area contributed by atoms with Crippen LogP contribution in [0.15, 0.2) is 228 Å². The summed E-state index contributed by atoms with van der Waals surface area (Å²) in [6, 6.07) is 71.8. The molecule has 0 fully saturated rings. The van der Waals surface area contributed by atoms with Crippen LogP contribution in [0.4, 0.5) is 0 Å². The van der Waals surface area contributed by atoms with E-state index in [1.165, 1.54) is 66.4 Å². The van der Waals surface area contributed by atoms with Crippen LogP contribution in [0.1, 0.15) is 74.6 Å². The summed E-state index contributed by atoms with van der Waals surface area (Å²) in [5.74, 6) is 1.67. The molecule has 0 aromatic heterocycles. The highest BCUT2D eigenvalue weighted by Crippen LogP contribution is 2.65. The van der Waals surface area contributed by atoms with E-state index in [4.69, 9.17) is 9.98 Å². The highest BCUT2D eigenvalue weighted by atomic mass is 15.2. The van der Waals surface area contributed by atoms with Gasteiger partial charge >= 0.3 is 0 Å². The fraction of sp³-hybridized carbons (Fsp3) is 0.0877. The topological polar surface area (TPSA) is 36.8 Å². The van der Waals surface area contributed by atoms with Gasteiger partial charge in [-0.25, -0.2) is 9.98 Å². The molecule has 60 heavy (non-hydrogen) atoms. The number of aliphatic imine (C=N–C) groups is 2. The molecule has 1 spiro atoms. The first kappa shape index (κ1) is 34.7. The Balaban J connectivity index is 1.23. The fourth-order valence-corrected chi connectivity index (χ4v) is 10.9. The van der Waals surface area contributed by atoms with Gasteiger partial charge in [-0.05, 0) is 85.3 Å². The van der Waals surface area contributed by atoms with Gasteiger partial charge in [0.1, 0.15) is 11.7 Å². The Labute approximate surface area is 350 Å². The highest BCUT2D eigenvalue weighted by Gasteiger charge is 2.57. The van der Waals surface area contributed by atoms with Crippen molar-refractivity contribution in [2.24, 2.45) is 9.98 Å². The summed E-state index contributed by atoms with van der Waals surface area (Å²) in [5.41, 5.74) is 14.6. The zero-order valence-electron chi connectivity index (χ0n) is 33.1. The van der Waals surface area contributed by atoms with Gasteiger partial charge in [0.05, 0.1) is 10.8 Å². The monoisotopic (exact) mass is 767 g/mol. The summed E-state index contributed by atoms with van der Waals surface area (Å²) in [6.45, 7) is 0. The van der Waals surface area contributed by atoms with Crippen LogP contribution >= 0.6 is 0 Å². The van der Waals surface area contributed by atoms with Crippen LogP contribution in [0, 0.1) is 0 Å². The van der Waals surface area contributed by atoms with Crippen molar-refractivity contribution in [1.29, 1.82) is 0 Å². The number of hydrogen-bond acceptors (Lipinski definition) is 3. The minimum absolute atomic E-state index is 0.546. The molecule has 3 aliphatic carbocycles. The summed E-state index contributed by atoms with van der Waals surface area (Å²) in [5, 5.41) is 6.12. The maximum Gasteiger partial charge on any atom is 0.170 e.